The fourth-order valence-corrected chi connectivity index (χ4v) is 1.36. The average molecular weight is 329 g/mol. The molecule has 0 aliphatic carbocycles. The number of hydrogen-bond donors (Lipinski definition) is 3. The summed E-state index contributed by atoms with van der Waals surface area (Å²) in [7, 11) is -4.61. The summed E-state index contributed by atoms with van der Waals surface area (Å²) >= 11 is 1.06. The Balaban J connectivity index is 0. The van der Waals surface area contributed by atoms with Gasteiger partial charge < -0.3 is 22.3 Å². The molecule has 0 fully saturated rings. The summed E-state index contributed by atoms with van der Waals surface area (Å²) in [5.74, 6) is -0.318. The molecule has 0 aliphatic rings. The van der Waals surface area contributed by atoms with Crippen molar-refractivity contribution in [2.24, 2.45) is 0 Å². The first kappa shape index (κ1) is 20.4. The van der Waals surface area contributed by atoms with Crippen molar-refractivity contribution in [2.75, 3.05) is 0 Å². The van der Waals surface area contributed by atoms with E-state index in [1.165, 1.54) is 13.1 Å². The van der Waals surface area contributed by atoms with Gasteiger partial charge >= 0.3 is 28.9 Å². The van der Waals surface area contributed by atoms with Crippen molar-refractivity contribution in [3.05, 3.63) is 30.4 Å². The molecule has 0 spiro atoms. The Morgan fingerprint density at radius 3 is 2.42 bits per heavy atom. The van der Waals surface area contributed by atoms with Gasteiger partial charge in [-0.05, 0) is 6.92 Å². The van der Waals surface area contributed by atoms with E-state index in [2.05, 4.69) is 9.51 Å². The molecule has 0 bridgehead atoms. The molecule has 8 nitrogen and oxygen atoms in total. The van der Waals surface area contributed by atoms with Crippen molar-refractivity contribution in [3.8, 4) is 5.75 Å². The van der Waals surface area contributed by atoms with E-state index < -0.39 is 14.4 Å². The van der Waals surface area contributed by atoms with Crippen molar-refractivity contribution < 1.29 is 49.8 Å². The quantitative estimate of drug-likeness (QED) is 0.420. The Hall–Kier alpha value is -0.886. The summed E-state index contributed by atoms with van der Waals surface area (Å²) in [5, 5.41) is 9.46. The van der Waals surface area contributed by atoms with Gasteiger partial charge in [0.1, 0.15) is 5.75 Å². The second-order valence-corrected chi connectivity index (χ2v) is 4.25. The summed E-state index contributed by atoms with van der Waals surface area (Å²) in [6.45, 7) is 0.995. The van der Waals surface area contributed by atoms with Crippen LogP contribution in [0.3, 0.4) is 0 Å². The first-order chi connectivity index (χ1) is 8.35. The zero-order valence-corrected chi connectivity index (χ0v) is 12.5. The van der Waals surface area contributed by atoms with Gasteiger partial charge in [-0.3, -0.25) is 14.3 Å². The third-order valence-electron chi connectivity index (χ3n) is 1.86. The molecule has 1 rings (SSSR count). The Morgan fingerprint density at radius 1 is 1.47 bits per heavy atom. The molecular weight excluding hydrogens is 316 g/mol. The molecular formula is C9H13NO7PV-. The molecule has 3 N–H and O–H groups in total. The van der Waals surface area contributed by atoms with Crippen LogP contribution < -0.4 is 0 Å². The van der Waals surface area contributed by atoms with Crippen LogP contribution in [-0.2, 0) is 36.7 Å². The number of phosphoric acid groups is 1. The summed E-state index contributed by atoms with van der Waals surface area (Å²) in [4.78, 5) is 31.4. The van der Waals surface area contributed by atoms with Gasteiger partial charge in [0.25, 0.3) is 0 Å². The minimum absolute atomic E-state index is 0. The predicted octanol–water partition coefficient (Wildman–Crippen LogP) is 0.846. The molecule has 1 aromatic rings. The Kier molecular flexibility index (Phi) is 9.77. The average Bonchev–Trinajstić information content (AvgIpc) is 2.32. The molecule has 0 aromatic carbocycles. The van der Waals surface area contributed by atoms with Crippen LogP contribution in [0, 0.1) is 14.4 Å². The zero-order valence-electron chi connectivity index (χ0n) is 10.2. The van der Waals surface area contributed by atoms with Crippen molar-refractivity contribution in [3.63, 3.8) is 0 Å². The molecule has 0 saturated heterocycles. The van der Waals surface area contributed by atoms with Crippen LogP contribution in [0.15, 0.2) is 6.20 Å². The minimum atomic E-state index is -4.61. The van der Waals surface area contributed by atoms with Crippen LogP contribution in [0.1, 0.15) is 21.6 Å². The first-order valence-electron chi connectivity index (χ1n) is 4.36. The Morgan fingerprint density at radius 2 is 2.00 bits per heavy atom. The number of pyridine rings is 1. The molecule has 107 valence electrons. The number of aromatic hydroxyl groups is 1. The van der Waals surface area contributed by atoms with E-state index in [-0.39, 0.29) is 30.0 Å². The normalized spacial score (nSPS) is 9.79. The first-order valence-corrected chi connectivity index (χ1v) is 6.46. The number of aromatic nitrogens is 1. The fraction of sp³-hybridized carbons (Fsp3) is 0.222. The van der Waals surface area contributed by atoms with E-state index in [1.807, 2.05) is 0 Å². The molecule has 1 aromatic heterocycles. The second kappa shape index (κ2) is 9.09. The van der Waals surface area contributed by atoms with E-state index >= 15 is 0 Å². The van der Waals surface area contributed by atoms with Crippen molar-refractivity contribution in [2.45, 2.75) is 13.5 Å². The fourth-order valence-electron chi connectivity index (χ4n) is 1.05. The van der Waals surface area contributed by atoms with Gasteiger partial charge in [-0.25, -0.2) is 4.57 Å². The van der Waals surface area contributed by atoms with Crippen LogP contribution in [0.2, 0.25) is 0 Å². The number of aldehydes is 1. The SMILES string of the molecule is Cc1ncc(COP(=O)(O)O)c(C=O)c1O.[CH3-].[O]=[V]. The van der Waals surface area contributed by atoms with Crippen LogP contribution in [0.5, 0.6) is 5.75 Å². The van der Waals surface area contributed by atoms with Gasteiger partial charge in [-0.15, -0.1) is 0 Å². The van der Waals surface area contributed by atoms with Crippen LogP contribution in [-0.4, -0.2) is 26.2 Å². The summed E-state index contributed by atoms with van der Waals surface area (Å²) in [6, 6.07) is 0. The molecule has 0 aliphatic heterocycles. The van der Waals surface area contributed by atoms with Crippen LogP contribution in [0.4, 0.5) is 0 Å². The number of carbonyl (C=O) groups is 1. The molecule has 0 saturated carbocycles. The summed E-state index contributed by atoms with van der Waals surface area (Å²) in [6.07, 6.45) is 1.59. The third kappa shape index (κ3) is 6.72. The molecule has 0 amide bonds. The van der Waals surface area contributed by atoms with Gasteiger partial charge in [0, 0.05) is 11.8 Å². The van der Waals surface area contributed by atoms with Gasteiger partial charge in [0.05, 0.1) is 17.9 Å². The number of phosphoric ester groups is 1. The zero-order chi connectivity index (χ0) is 14.3. The van der Waals surface area contributed by atoms with Crippen LogP contribution >= 0.6 is 7.82 Å². The molecule has 19 heavy (non-hydrogen) atoms. The number of nitrogens with zero attached hydrogens (tertiary/aromatic N) is 1. The molecule has 0 unspecified atom stereocenters. The summed E-state index contributed by atoms with van der Waals surface area (Å²) < 4.78 is 22.9. The molecule has 0 radical (unpaired) electrons. The number of carbonyl (C=O) groups excluding carboxylic acids is 1. The Labute approximate surface area is 119 Å². The predicted molar refractivity (Wildman–Crippen MR) is 60.0 cm³/mol. The third-order valence-corrected chi connectivity index (χ3v) is 2.33. The van der Waals surface area contributed by atoms with Gasteiger partial charge in [0.15, 0.2) is 6.29 Å². The van der Waals surface area contributed by atoms with Crippen molar-refractivity contribution in [1.82, 2.24) is 4.98 Å². The van der Waals surface area contributed by atoms with E-state index in [0.29, 0.717) is 6.29 Å². The van der Waals surface area contributed by atoms with E-state index in [9.17, 15) is 14.5 Å². The molecule has 0 atom stereocenters. The van der Waals surface area contributed by atoms with Crippen molar-refractivity contribution in [1.29, 1.82) is 0 Å². The summed E-state index contributed by atoms with van der Waals surface area (Å²) in [5.41, 5.74) is 0.282. The second-order valence-electron chi connectivity index (χ2n) is 3.01. The van der Waals surface area contributed by atoms with Gasteiger partial charge in [0.2, 0.25) is 0 Å². The molecule has 1 heterocycles. The maximum atomic E-state index is 10.7. The van der Waals surface area contributed by atoms with Crippen molar-refractivity contribution >= 4 is 14.1 Å². The molecule has 10 heteroatoms. The van der Waals surface area contributed by atoms with E-state index in [0.717, 1.165) is 17.4 Å². The van der Waals surface area contributed by atoms with E-state index in [1.54, 1.807) is 0 Å². The Bertz CT molecular complexity index is 476. The standard InChI is InChI=1S/C8H10NO6P.CH3.O.V/c1-5-8(11)7(3-10)6(2-9-5)4-15-16(12,13)14;;;/h2-3,11H,4H2,1H3,(H2,12,13,14);1H3;;/q;-1;;. The van der Waals surface area contributed by atoms with Gasteiger partial charge in [-0.2, -0.15) is 0 Å². The van der Waals surface area contributed by atoms with Crippen LogP contribution in [0.25, 0.3) is 0 Å². The maximum absolute atomic E-state index is 10.7. The number of hydrogen-bond acceptors (Lipinski definition) is 6. The van der Waals surface area contributed by atoms with Gasteiger partial charge in [-0.1, -0.05) is 0 Å². The number of aryl methyl sites for hydroxylation is 1. The van der Waals surface area contributed by atoms with E-state index in [4.69, 9.17) is 13.5 Å². The topological polar surface area (TPSA) is 134 Å². The monoisotopic (exact) mass is 329 g/mol. The number of rotatable bonds is 4.